The minimum Gasteiger partial charge on any atom is -0.493 e. The number of ether oxygens (including phenoxy) is 1. The van der Waals surface area contributed by atoms with Gasteiger partial charge >= 0.3 is 0 Å². The van der Waals surface area contributed by atoms with Crippen LogP contribution >= 0.6 is 0 Å². The Labute approximate surface area is 127 Å². The number of aromatic nitrogens is 1. The van der Waals surface area contributed by atoms with Crippen molar-refractivity contribution >= 4 is 0 Å². The van der Waals surface area contributed by atoms with Gasteiger partial charge in [0.15, 0.2) is 0 Å². The third kappa shape index (κ3) is 5.56. The Morgan fingerprint density at radius 3 is 2.67 bits per heavy atom. The summed E-state index contributed by atoms with van der Waals surface area (Å²) in [5, 5.41) is 3.46. The van der Waals surface area contributed by atoms with Gasteiger partial charge in [-0.2, -0.15) is 0 Å². The van der Waals surface area contributed by atoms with E-state index in [0.717, 1.165) is 31.0 Å². The monoisotopic (exact) mass is 284 g/mol. The number of benzene rings is 1. The quantitative estimate of drug-likeness (QED) is 0.806. The van der Waals surface area contributed by atoms with Crippen LogP contribution in [0.3, 0.4) is 0 Å². The van der Waals surface area contributed by atoms with E-state index in [1.165, 1.54) is 5.56 Å². The lowest BCUT2D eigenvalue weighted by Gasteiger charge is -2.13. The van der Waals surface area contributed by atoms with Gasteiger partial charge in [0, 0.05) is 30.4 Å². The van der Waals surface area contributed by atoms with Crippen molar-refractivity contribution in [3.63, 3.8) is 0 Å². The molecular formula is C18H24N2O. The number of pyridine rings is 1. The molecule has 3 heteroatoms. The average Bonchev–Trinajstić information content (AvgIpc) is 2.49. The third-order valence-corrected chi connectivity index (χ3v) is 3.18. The summed E-state index contributed by atoms with van der Waals surface area (Å²) in [6.07, 6.45) is 2.65. The number of para-hydroxylation sites is 1. The third-order valence-electron chi connectivity index (χ3n) is 3.18. The summed E-state index contributed by atoms with van der Waals surface area (Å²) in [6.45, 7) is 6.93. The van der Waals surface area contributed by atoms with Crippen molar-refractivity contribution in [3.8, 4) is 5.75 Å². The van der Waals surface area contributed by atoms with Gasteiger partial charge in [0.25, 0.3) is 0 Å². The van der Waals surface area contributed by atoms with Crippen molar-refractivity contribution in [2.75, 3.05) is 13.2 Å². The van der Waals surface area contributed by atoms with Gasteiger partial charge in [-0.1, -0.05) is 38.1 Å². The van der Waals surface area contributed by atoms with E-state index in [-0.39, 0.29) is 0 Å². The van der Waals surface area contributed by atoms with Crippen LogP contribution in [0.2, 0.25) is 0 Å². The van der Waals surface area contributed by atoms with E-state index in [1.807, 2.05) is 36.5 Å². The molecule has 2 rings (SSSR count). The van der Waals surface area contributed by atoms with Crippen molar-refractivity contribution in [2.24, 2.45) is 5.92 Å². The number of nitrogens with one attached hydrogen (secondary N) is 1. The number of hydrogen-bond donors (Lipinski definition) is 1. The second-order valence-corrected chi connectivity index (χ2v) is 5.55. The molecule has 1 heterocycles. The molecule has 112 valence electrons. The highest BCUT2D eigenvalue weighted by Gasteiger charge is 2.03. The van der Waals surface area contributed by atoms with E-state index < -0.39 is 0 Å². The fraction of sp³-hybridized carbons (Fsp3) is 0.389. The lowest BCUT2D eigenvalue weighted by atomic mass is 10.2. The number of nitrogens with zero attached hydrogens (tertiary/aromatic N) is 1. The Kier molecular flexibility index (Phi) is 6.22. The topological polar surface area (TPSA) is 34.1 Å². The largest absolute Gasteiger partial charge is 0.493 e. The summed E-state index contributed by atoms with van der Waals surface area (Å²) in [5.74, 6) is 1.62. The van der Waals surface area contributed by atoms with Crippen LogP contribution < -0.4 is 10.1 Å². The summed E-state index contributed by atoms with van der Waals surface area (Å²) in [6, 6.07) is 14.2. The molecule has 1 aromatic heterocycles. The first kappa shape index (κ1) is 15.5. The average molecular weight is 284 g/mol. The molecule has 1 aromatic carbocycles. The molecule has 0 radical (unpaired) electrons. The van der Waals surface area contributed by atoms with Gasteiger partial charge in [-0.25, -0.2) is 0 Å². The van der Waals surface area contributed by atoms with Crippen molar-refractivity contribution < 1.29 is 4.74 Å². The fourth-order valence-electron chi connectivity index (χ4n) is 2.10. The zero-order chi connectivity index (χ0) is 14.9. The van der Waals surface area contributed by atoms with Crippen LogP contribution in [-0.4, -0.2) is 18.1 Å². The Balaban J connectivity index is 1.84. The predicted octanol–water partition coefficient (Wildman–Crippen LogP) is 3.45. The second kappa shape index (κ2) is 8.42. The molecule has 0 saturated carbocycles. The Morgan fingerprint density at radius 1 is 1.10 bits per heavy atom. The van der Waals surface area contributed by atoms with Crippen LogP contribution in [0.4, 0.5) is 0 Å². The van der Waals surface area contributed by atoms with Crippen LogP contribution in [0.5, 0.6) is 5.75 Å². The highest BCUT2D eigenvalue weighted by molar-refractivity contribution is 5.33. The molecule has 0 aliphatic rings. The maximum Gasteiger partial charge on any atom is 0.123 e. The Hall–Kier alpha value is -1.87. The Bertz CT molecular complexity index is 526. The van der Waals surface area contributed by atoms with Crippen LogP contribution in [0.1, 0.15) is 25.1 Å². The Morgan fingerprint density at radius 2 is 1.90 bits per heavy atom. The minimum atomic E-state index is 0.651. The first-order valence-corrected chi connectivity index (χ1v) is 7.57. The van der Waals surface area contributed by atoms with E-state index >= 15 is 0 Å². The predicted molar refractivity (Wildman–Crippen MR) is 86.4 cm³/mol. The number of hydrogen-bond acceptors (Lipinski definition) is 3. The van der Waals surface area contributed by atoms with Gasteiger partial charge in [-0.05, 0) is 30.7 Å². The lowest BCUT2D eigenvalue weighted by Crippen LogP contribution is -2.19. The van der Waals surface area contributed by atoms with Crippen molar-refractivity contribution in [1.29, 1.82) is 0 Å². The first-order chi connectivity index (χ1) is 10.3. The SMILES string of the molecule is CC(C)CNCc1ccccc1OCCc1ccccn1. The first-order valence-electron chi connectivity index (χ1n) is 7.57. The van der Waals surface area contributed by atoms with Crippen molar-refractivity contribution in [3.05, 3.63) is 59.9 Å². The van der Waals surface area contributed by atoms with Gasteiger partial charge in [-0.15, -0.1) is 0 Å². The fourth-order valence-corrected chi connectivity index (χ4v) is 2.10. The summed E-state index contributed by atoms with van der Waals surface area (Å²) in [5.41, 5.74) is 2.27. The van der Waals surface area contributed by atoms with Gasteiger partial charge < -0.3 is 10.1 Å². The summed E-state index contributed by atoms with van der Waals surface area (Å²) in [4.78, 5) is 4.31. The molecule has 0 aliphatic heterocycles. The molecule has 0 saturated heterocycles. The minimum absolute atomic E-state index is 0.651. The molecule has 1 N–H and O–H groups in total. The van der Waals surface area contributed by atoms with E-state index in [9.17, 15) is 0 Å². The number of rotatable bonds is 8. The standard InChI is InChI=1S/C18H24N2O/c1-15(2)13-19-14-16-7-3-4-9-18(16)21-12-10-17-8-5-6-11-20-17/h3-9,11,15,19H,10,12-14H2,1-2H3. The second-order valence-electron chi connectivity index (χ2n) is 5.55. The maximum absolute atomic E-state index is 5.92. The molecule has 0 unspecified atom stereocenters. The smallest absolute Gasteiger partial charge is 0.123 e. The molecule has 2 aromatic rings. The van der Waals surface area contributed by atoms with Gasteiger partial charge in [0.05, 0.1) is 6.61 Å². The van der Waals surface area contributed by atoms with Crippen LogP contribution in [-0.2, 0) is 13.0 Å². The summed E-state index contributed by atoms with van der Waals surface area (Å²) >= 11 is 0. The molecule has 0 fully saturated rings. The van der Waals surface area contributed by atoms with Gasteiger partial charge in [0.2, 0.25) is 0 Å². The maximum atomic E-state index is 5.92. The zero-order valence-corrected chi connectivity index (χ0v) is 12.9. The van der Waals surface area contributed by atoms with Crippen molar-refractivity contribution in [2.45, 2.75) is 26.8 Å². The summed E-state index contributed by atoms with van der Waals surface area (Å²) < 4.78 is 5.92. The zero-order valence-electron chi connectivity index (χ0n) is 12.9. The molecule has 0 spiro atoms. The lowest BCUT2D eigenvalue weighted by molar-refractivity contribution is 0.316. The van der Waals surface area contributed by atoms with E-state index in [2.05, 4.69) is 36.3 Å². The van der Waals surface area contributed by atoms with Crippen LogP contribution in [0.15, 0.2) is 48.7 Å². The molecular weight excluding hydrogens is 260 g/mol. The van der Waals surface area contributed by atoms with Crippen molar-refractivity contribution in [1.82, 2.24) is 10.3 Å². The molecule has 0 amide bonds. The van der Waals surface area contributed by atoms with E-state index in [1.54, 1.807) is 0 Å². The van der Waals surface area contributed by atoms with E-state index in [4.69, 9.17) is 4.74 Å². The van der Waals surface area contributed by atoms with E-state index in [0.29, 0.717) is 12.5 Å². The van der Waals surface area contributed by atoms with Crippen LogP contribution in [0, 0.1) is 5.92 Å². The molecule has 0 aliphatic carbocycles. The highest BCUT2D eigenvalue weighted by atomic mass is 16.5. The molecule has 21 heavy (non-hydrogen) atoms. The summed E-state index contributed by atoms with van der Waals surface area (Å²) in [7, 11) is 0. The molecule has 0 bridgehead atoms. The molecule has 3 nitrogen and oxygen atoms in total. The van der Waals surface area contributed by atoms with Crippen LogP contribution in [0.25, 0.3) is 0 Å². The van der Waals surface area contributed by atoms with Gasteiger partial charge in [0.1, 0.15) is 5.75 Å². The molecule has 0 atom stereocenters. The van der Waals surface area contributed by atoms with Gasteiger partial charge in [-0.3, -0.25) is 4.98 Å². The normalized spacial score (nSPS) is 10.8. The highest BCUT2D eigenvalue weighted by Crippen LogP contribution is 2.18.